The number of carbonyl (C=O) groups excluding carboxylic acids is 1. The van der Waals surface area contributed by atoms with Gasteiger partial charge in [0.2, 0.25) is 5.91 Å². The summed E-state index contributed by atoms with van der Waals surface area (Å²) in [6.45, 7) is 6.31. The Morgan fingerprint density at radius 3 is 2.65 bits per heavy atom. The first-order valence-corrected chi connectivity index (χ1v) is 9.64. The topological polar surface area (TPSA) is 76.8 Å². The predicted molar refractivity (Wildman–Crippen MR) is 87.2 cm³/mol. The van der Waals surface area contributed by atoms with E-state index < -0.39 is 9.84 Å². The number of hydrogen-bond acceptors (Lipinski definition) is 5. The quantitative estimate of drug-likeness (QED) is 0.785. The molecule has 0 radical (unpaired) electrons. The Balaban J connectivity index is 2.20. The highest BCUT2D eigenvalue weighted by Crippen LogP contribution is 2.27. The Morgan fingerprint density at radius 1 is 1.48 bits per heavy atom. The van der Waals surface area contributed by atoms with Crippen molar-refractivity contribution in [3.8, 4) is 0 Å². The summed E-state index contributed by atoms with van der Waals surface area (Å²) >= 11 is 0. The fraction of sp³-hybridized carbons (Fsp3) is 0.688. The molecule has 23 heavy (non-hydrogen) atoms. The summed E-state index contributed by atoms with van der Waals surface area (Å²) in [5, 5.41) is 0. The van der Waals surface area contributed by atoms with Gasteiger partial charge in [0, 0.05) is 25.3 Å². The first kappa shape index (κ1) is 18.0. The van der Waals surface area contributed by atoms with E-state index in [1.165, 1.54) is 0 Å². The van der Waals surface area contributed by atoms with Crippen molar-refractivity contribution in [1.29, 1.82) is 0 Å². The van der Waals surface area contributed by atoms with Crippen LogP contribution in [-0.4, -0.2) is 57.0 Å². The molecule has 2 heterocycles. The molecule has 1 aliphatic heterocycles. The molecular formula is C16H25NO5S. The van der Waals surface area contributed by atoms with Crippen molar-refractivity contribution in [2.45, 2.75) is 39.2 Å². The zero-order chi connectivity index (χ0) is 17.2. The standard InChI is InChI=1S/C16H25NO5S/c1-11-9-15(13(3)22-11)12(2)16(18)17(6-7-21-4)14-5-8-23(19,20)10-14/h9,12,14H,5-8,10H2,1-4H3/t12-,14+/m0/s1. The van der Waals surface area contributed by atoms with E-state index in [2.05, 4.69) is 0 Å². The number of amides is 1. The van der Waals surface area contributed by atoms with Gasteiger partial charge in [-0.2, -0.15) is 0 Å². The first-order valence-electron chi connectivity index (χ1n) is 7.82. The highest BCUT2D eigenvalue weighted by molar-refractivity contribution is 7.91. The molecule has 0 aliphatic carbocycles. The lowest BCUT2D eigenvalue weighted by molar-refractivity contribution is -0.135. The van der Waals surface area contributed by atoms with Gasteiger partial charge in [0.15, 0.2) is 9.84 Å². The van der Waals surface area contributed by atoms with Gasteiger partial charge in [-0.25, -0.2) is 8.42 Å². The molecule has 1 aromatic heterocycles. The molecule has 1 aromatic rings. The van der Waals surface area contributed by atoms with Crippen LogP contribution in [-0.2, 0) is 19.4 Å². The van der Waals surface area contributed by atoms with Gasteiger partial charge < -0.3 is 14.1 Å². The lowest BCUT2D eigenvalue weighted by Crippen LogP contribution is -2.44. The van der Waals surface area contributed by atoms with E-state index in [-0.39, 0.29) is 29.4 Å². The van der Waals surface area contributed by atoms with Crippen molar-refractivity contribution < 1.29 is 22.4 Å². The van der Waals surface area contributed by atoms with E-state index in [1.807, 2.05) is 26.8 Å². The smallest absolute Gasteiger partial charge is 0.230 e. The van der Waals surface area contributed by atoms with Gasteiger partial charge in [-0.1, -0.05) is 0 Å². The van der Waals surface area contributed by atoms with Gasteiger partial charge in [-0.15, -0.1) is 0 Å². The fourth-order valence-electron chi connectivity index (χ4n) is 3.15. The van der Waals surface area contributed by atoms with Crippen LogP contribution in [0.25, 0.3) is 0 Å². The van der Waals surface area contributed by atoms with Gasteiger partial charge >= 0.3 is 0 Å². The maximum atomic E-state index is 12.9. The molecule has 0 aromatic carbocycles. The van der Waals surface area contributed by atoms with Gasteiger partial charge in [0.1, 0.15) is 11.5 Å². The minimum atomic E-state index is -3.05. The average Bonchev–Trinajstić information content (AvgIpc) is 3.00. The molecule has 6 nitrogen and oxygen atoms in total. The van der Waals surface area contributed by atoms with Gasteiger partial charge in [-0.05, 0) is 33.3 Å². The van der Waals surface area contributed by atoms with Gasteiger partial charge in [-0.3, -0.25) is 4.79 Å². The number of nitrogens with zero attached hydrogens (tertiary/aromatic N) is 1. The van der Waals surface area contributed by atoms with Crippen molar-refractivity contribution in [3.05, 3.63) is 23.2 Å². The van der Waals surface area contributed by atoms with E-state index in [4.69, 9.17) is 9.15 Å². The molecule has 0 saturated carbocycles. The van der Waals surface area contributed by atoms with Crippen molar-refractivity contribution in [2.24, 2.45) is 0 Å². The number of ether oxygens (including phenoxy) is 1. The molecule has 0 unspecified atom stereocenters. The lowest BCUT2D eigenvalue weighted by Gasteiger charge is -2.30. The average molecular weight is 343 g/mol. The SMILES string of the molecule is COCCN(C(=O)[C@@H](C)c1cc(C)oc1C)[C@@H]1CCS(=O)(=O)C1. The number of carbonyl (C=O) groups is 1. The zero-order valence-electron chi connectivity index (χ0n) is 14.2. The van der Waals surface area contributed by atoms with E-state index >= 15 is 0 Å². The fourth-order valence-corrected chi connectivity index (χ4v) is 4.88. The summed E-state index contributed by atoms with van der Waals surface area (Å²) in [4.78, 5) is 14.6. The summed E-state index contributed by atoms with van der Waals surface area (Å²) in [5.74, 6) is 1.24. The molecule has 2 rings (SSSR count). The summed E-state index contributed by atoms with van der Waals surface area (Å²) in [6.07, 6.45) is 0.494. The molecule has 7 heteroatoms. The number of hydrogen-bond donors (Lipinski definition) is 0. The Morgan fingerprint density at radius 2 is 2.17 bits per heavy atom. The van der Waals surface area contributed by atoms with Crippen LogP contribution in [0.5, 0.6) is 0 Å². The van der Waals surface area contributed by atoms with Gasteiger partial charge in [0.05, 0.1) is 24.0 Å². The summed E-state index contributed by atoms with van der Waals surface area (Å²) < 4.78 is 34.1. The Kier molecular flexibility index (Phi) is 5.52. The maximum absolute atomic E-state index is 12.9. The molecule has 0 N–H and O–H groups in total. The number of aryl methyl sites for hydroxylation is 2. The van der Waals surface area contributed by atoms with Crippen LogP contribution in [0.1, 0.15) is 36.3 Å². The Bertz CT molecular complexity index is 664. The highest BCUT2D eigenvalue weighted by Gasteiger charge is 2.36. The van der Waals surface area contributed by atoms with E-state index in [0.717, 1.165) is 17.1 Å². The van der Waals surface area contributed by atoms with Crippen LogP contribution in [0.15, 0.2) is 10.5 Å². The molecule has 130 valence electrons. The molecular weight excluding hydrogens is 318 g/mol. The highest BCUT2D eigenvalue weighted by atomic mass is 32.2. The third-order valence-corrected chi connectivity index (χ3v) is 6.14. The molecule has 1 aliphatic rings. The van der Waals surface area contributed by atoms with Crippen LogP contribution < -0.4 is 0 Å². The summed E-state index contributed by atoms with van der Waals surface area (Å²) in [5.41, 5.74) is 0.857. The number of furan rings is 1. The van der Waals surface area contributed by atoms with Crippen molar-refractivity contribution >= 4 is 15.7 Å². The largest absolute Gasteiger partial charge is 0.466 e. The lowest BCUT2D eigenvalue weighted by atomic mass is 9.99. The van der Waals surface area contributed by atoms with Crippen molar-refractivity contribution in [1.82, 2.24) is 4.90 Å². The monoisotopic (exact) mass is 343 g/mol. The third kappa shape index (κ3) is 4.14. The molecule has 1 saturated heterocycles. The molecule has 1 amide bonds. The predicted octanol–water partition coefficient (Wildman–Crippen LogP) is 1.66. The van der Waals surface area contributed by atoms with Crippen molar-refractivity contribution in [3.63, 3.8) is 0 Å². The second kappa shape index (κ2) is 7.05. The van der Waals surface area contributed by atoms with E-state index in [0.29, 0.717) is 19.6 Å². The van der Waals surface area contributed by atoms with Crippen LogP contribution in [0, 0.1) is 13.8 Å². The van der Waals surface area contributed by atoms with E-state index in [9.17, 15) is 13.2 Å². The van der Waals surface area contributed by atoms with E-state index in [1.54, 1.807) is 12.0 Å². The van der Waals surface area contributed by atoms with Crippen LogP contribution in [0.2, 0.25) is 0 Å². The molecule has 0 spiro atoms. The summed E-state index contributed by atoms with van der Waals surface area (Å²) in [7, 11) is -1.48. The number of sulfone groups is 1. The minimum Gasteiger partial charge on any atom is -0.466 e. The third-order valence-electron chi connectivity index (χ3n) is 4.38. The van der Waals surface area contributed by atoms with Crippen LogP contribution in [0.3, 0.4) is 0 Å². The normalized spacial score (nSPS) is 21.3. The van der Waals surface area contributed by atoms with Gasteiger partial charge in [0.25, 0.3) is 0 Å². The minimum absolute atomic E-state index is 0.0402. The summed E-state index contributed by atoms with van der Waals surface area (Å²) in [6, 6.07) is 1.61. The molecule has 2 atom stereocenters. The Labute approximate surface area is 137 Å². The molecule has 1 fully saturated rings. The number of rotatable bonds is 6. The van der Waals surface area contributed by atoms with Crippen molar-refractivity contribution in [2.75, 3.05) is 31.8 Å². The Hall–Kier alpha value is -1.34. The van der Waals surface area contributed by atoms with Crippen LogP contribution in [0.4, 0.5) is 0 Å². The first-order chi connectivity index (χ1) is 10.7. The van der Waals surface area contributed by atoms with Crippen LogP contribution >= 0.6 is 0 Å². The second-order valence-electron chi connectivity index (χ2n) is 6.17. The number of methoxy groups -OCH3 is 1. The zero-order valence-corrected chi connectivity index (χ0v) is 15.0. The molecule has 0 bridgehead atoms. The second-order valence-corrected chi connectivity index (χ2v) is 8.40. The maximum Gasteiger partial charge on any atom is 0.230 e.